The van der Waals surface area contributed by atoms with Crippen molar-refractivity contribution >= 4 is 17.7 Å². The van der Waals surface area contributed by atoms with Gasteiger partial charge in [0.05, 0.1) is 13.2 Å². The van der Waals surface area contributed by atoms with Crippen LogP contribution in [0.3, 0.4) is 0 Å². The second kappa shape index (κ2) is 10.3. The molecule has 6 nitrogen and oxygen atoms in total. The zero-order chi connectivity index (χ0) is 19.6. The minimum atomic E-state index is -0.316. The third-order valence-electron chi connectivity index (χ3n) is 3.79. The monoisotopic (exact) mass is 370 g/mol. The summed E-state index contributed by atoms with van der Waals surface area (Å²) in [6.07, 6.45) is 4.12. The van der Waals surface area contributed by atoms with Crippen molar-refractivity contribution in [3.63, 3.8) is 0 Å². The highest BCUT2D eigenvalue weighted by Gasteiger charge is 2.13. The molecule has 2 aromatic rings. The number of aromatic nitrogens is 1. The molecule has 1 amide bonds. The Labute approximate surface area is 159 Å². The predicted octanol–water partition coefficient (Wildman–Crippen LogP) is 2.79. The average Bonchev–Trinajstić information content (AvgIpc) is 2.66. The van der Waals surface area contributed by atoms with Crippen molar-refractivity contribution in [2.45, 2.75) is 26.4 Å². The van der Waals surface area contributed by atoms with Crippen LogP contribution < -0.4 is 15.6 Å². The van der Waals surface area contributed by atoms with Gasteiger partial charge in [-0.25, -0.2) is 0 Å². The largest absolute Gasteiger partial charge is 0.497 e. The Morgan fingerprint density at radius 2 is 1.93 bits per heavy atom. The summed E-state index contributed by atoms with van der Waals surface area (Å²) in [4.78, 5) is 24.9. The fraction of sp³-hybridized carbons (Fsp3) is 0.333. The van der Waals surface area contributed by atoms with E-state index in [1.165, 1.54) is 10.6 Å². The van der Waals surface area contributed by atoms with E-state index in [2.05, 4.69) is 5.32 Å². The highest BCUT2D eigenvalue weighted by atomic mass is 16.5. The van der Waals surface area contributed by atoms with E-state index in [1.54, 1.807) is 43.6 Å². The molecule has 1 aromatic heterocycles. The van der Waals surface area contributed by atoms with Crippen LogP contribution in [0.15, 0.2) is 53.5 Å². The average molecular weight is 370 g/mol. The highest BCUT2D eigenvalue weighted by Crippen LogP contribution is 2.15. The van der Waals surface area contributed by atoms with Crippen LogP contribution in [-0.4, -0.2) is 36.8 Å². The van der Waals surface area contributed by atoms with Crippen molar-refractivity contribution in [2.24, 2.45) is 0 Å². The summed E-state index contributed by atoms with van der Waals surface area (Å²) in [6.45, 7) is 4.97. The Morgan fingerprint density at radius 1 is 1.19 bits per heavy atom. The number of pyridine rings is 1. The van der Waals surface area contributed by atoms with Crippen molar-refractivity contribution in [1.29, 1.82) is 0 Å². The number of nitrogens with zero attached hydrogens (tertiary/aromatic N) is 1. The molecule has 1 N–H and O–H groups in total. The molecule has 0 aliphatic heterocycles. The Balaban J connectivity index is 2.19. The number of nitrogens with one attached hydrogen (secondary N) is 1. The Morgan fingerprint density at radius 3 is 2.56 bits per heavy atom. The van der Waals surface area contributed by atoms with Crippen LogP contribution in [0.4, 0.5) is 0 Å². The lowest BCUT2D eigenvalue weighted by Crippen LogP contribution is -2.31. The van der Waals surface area contributed by atoms with E-state index in [1.807, 2.05) is 26.0 Å². The molecule has 0 spiro atoms. The quantitative estimate of drug-likeness (QED) is 0.544. The van der Waals surface area contributed by atoms with E-state index in [4.69, 9.17) is 9.47 Å². The van der Waals surface area contributed by atoms with E-state index in [0.717, 1.165) is 11.3 Å². The number of ether oxygens (including phenoxy) is 2. The molecule has 0 atom stereocenters. The molecule has 0 saturated heterocycles. The zero-order valence-electron chi connectivity index (χ0n) is 16.0. The molecule has 0 saturated carbocycles. The fourth-order valence-electron chi connectivity index (χ4n) is 2.41. The standard InChI is InChI=1S/C21H26N2O4/c1-16(2)27-14-6-12-22-21(25)19(23-13-5-4-7-20(23)24)15-17-8-10-18(26-3)11-9-17/h4-5,7-11,13,15-16H,6,12,14H2,1-3H3,(H,22,25). The lowest BCUT2D eigenvalue weighted by atomic mass is 10.1. The van der Waals surface area contributed by atoms with Crippen LogP contribution in [0, 0.1) is 0 Å². The Hall–Kier alpha value is -2.86. The summed E-state index contributed by atoms with van der Waals surface area (Å²) in [5.74, 6) is 0.406. The first-order chi connectivity index (χ1) is 13.0. The second-order valence-corrected chi connectivity index (χ2v) is 6.24. The van der Waals surface area contributed by atoms with Gasteiger partial charge in [0.2, 0.25) is 0 Å². The number of carbonyl (C=O) groups is 1. The summed E-state index contributed by atoms with van der Waals surface area (Å²) in [5, 5.41) is 2.85. The first-order valence-corrected chi connectivity index (χ1v) is 8.95. The lowest BCUT2D eigenvalue weighted by molar-refractivity contribution is -0.116. The number of hydrogen-bond acceptors (Lipinski definition) is 4. The summed E-state index contributed by atoms with van der Waals surface area (Å²) >= 11 is 0. The number of amides is 1. The Bertz CT molecular complexity index is 823. The minimum Gasteiger partial charge on any atom is -0.497 e. The third-order valence-corrected chi connectivity index (χ3v) is 3.79. The molecule has 0 radical (unpaired) electrons. The van der Waals surface area contributed by atoms with Crippen molar-refractivity contribution in [1.82, 2.24) is 9.88 Å². The third kappa shape index (κ3) is 6.42. The molecule has 0 unspecified atom stereocenters. The second-order valence-electron chi connectivity index (χ2n) is 6.24. The maximum absolute atomic E-state index is 12.7. The number of benzene rings is 1. The normalized spacial score (nSPS) is 11.5. The molecule has 0 aliphatic rings. The molecule has 2 rings (SSSR count). The van der Waals surface area contributed by atoms with Crippen molar-refractivity contribution in [2.75, 3.05) is 20.3 Å². The van der Waals surface area contributed by atoms with Gasteiger partial charge in [-0.1, -0.05) is 18.2 Å². The number of hydrogen-bond donors (Lipinski definition) is 1. The Kier molecular flexibility index (Phi) is 7.82. The summed E-state index contributed by atoms with van der Waals surface area (Å²) in [6, 6.07) is 12.0. The lowest BCUT2D eigenvalue weighted by Gasteiger charge is -2.12. The highest BCUT2D eigenvalue weighted by molar-refractivity contribution is 6.18. The number of methoxy groups -OCH3 is 1. The smallest absolute Gasteiger partial charge is 0.268 e. The molecule has 27 heavy (non-hydrogen) atoms. The topological polar surface area (TPSA) is 69.6 Å². The van der Waals surface area contributed by atoms with E-state index in [0.29, 0.717) is 19.6 Å². The first-order valence-electron chi connectivity index (χ1n) is 8.95. The van der Waals surface area contributed by atoms with Gasteiger partial charge in [-0.05, 0) is 50.1 Å². The number of rotatable bonds is 9. The number of carbonyl (C=O) groups excluding carboxylic acids is 1. The summed E-state index contributed by atoms with van der Waals surface area (Å²) < 4.78 is 12.0. The minimum absolute atomic E-state index is 0.161. The van der Waals surface area contributed by atoms with Gasteiger partial charge >= 0.3 is 0 Å². The molecule has 0 aliphatic carbocycles. The van der Waals surface area contributed by atoms with E-state index >= 15 is 0 Å². The van der Waals surface area contributed by atoms with Gasteiger partial charge in [0.15, 0.2) is 0 Å². The SMILES string of the molecule is COc1ccc(C=C(C(=O)NCCCOC(C)C)n2ccccc2=O)cc1. The van der Waals surface area contributed by atoms with Gasteiger partial charge in [0.25, 0.3) is 11.5 Å². The van der Waals surface area contributed by atoms with Gasteiger partial charge in [-0.15, -0.1) is 0 Å². The molecule has 6 heteroatoms. The molecule has 1 heterocycles. The van der Waals surface area contributed by atoms with Gasteiger partial charge in [-0.2, -0.15) is 0 Å². The summed E-state index contributed by atoms with van der Waals surface area (Å²) in [7, 11) is 1.59. The first kappa shape index (κ1) is 20.5. The molecule has 0 fully saturated rings. The fourth-order valence-corrected chi connectivity index (χ4v) is 2.41. The molecular formula is C21H26N2O4. The van der Waals surface area contributed by atoms with Gasteiger partial charge in [0, 0.05) is 25.4 Å². The van der Waals surface area contributed by atoms with Crippen LogP contribution in [-0.2, 0) is 9.53 Å². The van der Waals surface area contributed by atoms with Crippen LogP contribution in [0.1, 0.15) is 25.8 Å². The summed E-state index contributed by atoms with van der Waals surface area (Å²) in [5.41, 5.74) is 0.783. The van der Waals surface area contributed by atoms with Gasteiger partial charge in [0.1, 0.15) is 11.4 Å². The maximum Gasteiger partial charge on any atom is 0.268 e. The van der Waals surface area contributed by atoms with Gasteiger partial charge in [-0.3, -0.25) is 14.2 Å². The predicted molar refractivity (Wildman–Crippen MR) is 107 cm³/mol. The molecule has 144 valence electrons. The van der Waals surface area contributed by atoms with Crippen LogP contribution in [0.2, 0.25) is 0 Å². The van der Waals surface area contributed by atoms with Crippen molar-refractivity contribution < 1.29 is 14.3 Å². The van der Waals surface area contributed by atoms with Crippen LogP contribution in [0.5, 0.6) is 5.75 Å². The zero-order valence-corrected chi connectivity index (χ0v) is 16.0. The van der Waals surface area contributed by atoms with Crippen molar-refractivity contribution in [3.8, 4) is 5.75 Å². The maximum atomic E-state index is 12.7. The molecule has 0 bridgehead atoms. The molecular weight excluding hydrogens is 344 g/mol. The van der Waals surface area contributed by atoms with Crippen LogP contribution in [0.25, 0.3) is 11.8 Å². The molecule has 1 aromatic carbocycles. The van der Waals surface area contributed by atoms with Crippen LogP contribution >= 0.6 is 0 Å². The van der Waals surface area contributed by atoms with Gasteiger partial charge < -0.3 is 14.8 Å². The van der Waals surface area contributed by atoms with E-state index < -0.39 is 0 Å². The van der Waals surface area contributed by atoms with E-state index in [-0.39, 0.29) is 23.3 Å². The van der Waals surface area contributed by atoms with E-state index in [9.17, 15) is 9.59 Å². The van der Waals surface area contributed by atoms with Crippen molar-refractivity contribution in [3.05, 3.63) is 64.6 Å².